The van der Waals surface area contributed by atoms with Gasteiger partial charge in [0, 0.05) is 17.0 Å². The summed E-state index contributed by atoms with van der Waals surface area (Å²) in [4.78, 5) is 15.1. The Labute approximate surface area is 184 Å². The van der Waals surface area contributed by atoms with Gasteiger partial charge in [-0.15, -0.1) is 11.3 Å². The second-order valence-corrected chi connectivity index (χ2v) is 8.21. The van der Waals surface area contributed by atoms with Crippen molar-refractivity contribution in [3.8, 4) is 28.8 Å². The minimum atomic E-state index is -0.703. The number of nitrogens with zero attached hydrogens (tertiary/aromatic N) is 3. The summed E-state index contributed by atoms with van der Waals surface area (Å²) in [7, 11) is 1.30. The molecule has 1 heterocycles. The van der Waals surface area contributed by atoms with Gasteiger partial charge in [0.05, 0.1) is 23.3 Å². The zero-order chi connectivity index (χ0) is 22.5. The molecule has 0 aliphatic carbocycles. The molecule has 2 aromatic carbocycles. The fourth-order valence-electron chi connectivity index (χ4n) is 3.11. The van der Waals surface area contributed by atoms with Gasteiger partial charge < -0.3 is 9.84 Å². The van der Waals surface area contributed by atoms with E-state index in [-0.39, 0.29) is 11.3 Å². The largest absolute Gasteiger partial charge is 0.500 e. The Morgan fingerprint density at radius 3 is 2.65 bits per heavy atom. The maximum Gasteiger partial charge on any atom is 0.315 e. The third-order valence-corrected chi connectivity index (χ3v) is 5.43. The Balaban J connectivity index is 1.93. The van der Waals surface area contributed by atoms with E-state index in [1.807, 2.05) is 17.5 Å². The fraction of sp³-hybridized carbons (Fsp3) is 0.217. The Morgan fingerprint density at radius 2 is 2.06 bits per heavy atom. The minimum Gasteiger partial charge on any atom is -0.500 e. The van der Waals surface area contributed by atoms with E-state index in [1.165, 1.54) is 42.2 Å². The number of rotatable bonds is 7. The summed E-state index contributed by atoms with van der Waals surface area (Å²) in [6, 6.07) is 12.9. The molecular formula is C23H21N3O4S. The molecule has 0 spiro atoms. The third-order valence-electron chi connectivity index (χ3n) is 4.55. The SMILES string of the molecule is COc1cc(/C=C(\C#N)c2nc(-c3ccc(CC(C)C)cc3)cs2)cc([N+](=O)[O-])c1O. The van der Waals surface area contributed by atoms with E-state index in [1.54, 1.807) is 0 Å². The van der Waals surface area contributed by atoms with Crippen LogP contribution in [0.1, 0.15) is 30.0 Å². The predicted molar refractivity (Wildman–Crippen MR) is 121 cm³/mol. The summed E-state index contributed by atoms with van der Waals surface area (Å²) in [6.07, 6.45) is 2.50. The summed E-state index contributed by atoms with van der Waals surface area (Å²) in [6.45, 7) is 4.35. The number of thiazole rings is 1. The molecule has 158 valence electrons. The van der Waals surface area contributed by atoms with Gasteiger partial charge >= 0.3 is 5.69 Å². The normalized spacial score (nSPS) is 11.4. The highest BCUT2D eigenvalue weighted by atomic mass is 32.1. The molecule has 0 fully saturated rings. The number of nitro benzene ring substituents is 1. The van der Waals surface area contributed by atoms with Crippen LogP contribution < -0.4 is 4.74 Å². The van der Waals surface area contributed by atoms with Crippen molar-refractivity contribution in [3.63, 3.8) is 0 Å². The highest BCUT2D eigenvalue weighted by molar-refractivity contribution is 7.11. The zero-order valence-electron chi connectivity index (χ0n) is 17.3. The van der Waals surface area contributed by atoms with E-state index in [2.05, 4.69) is 37.0 Å². The van der Waals surface area contributed by atoms with E-state index < -0.39 is 16.4 Å². The first-order valence-corrected chi connectivity index (χ1v) is 10.4. The van der Waals surface area contributed by atoms with Crippen LogP contribution in [0.3, 0.4) is 0 Å². The first-order chi connectivity index (χ1) is 14.8. The van der Waals surface area contributed by atoms with Crippen molar-refractivity contribution in [2.24, 2.45) is 5.92 Å². The monoisotopic (exact) mass is 435 g/mol. The summed E-state index contributed by atoms with van der Waals surface area (Å²) in [5.74, 6) is -0.0194. The predicted octanol–water partition coefficient (Wildman–Crippen LogP) is 5.70. The molecule has 0 radical (unpaired) electrons. The standard InChI is InChI=1S/C23H21N3O4S/c1-14(2)8-15-4-6-17(7-5-15)19-13-31-23(25-19)18(12-24)9-16-10-20(26(28)29)22(27)21(11-16)30-3/h4-7,9-11,13-14,27H,8H2,1-3H3/b18-9+. The van der Waals surface area contributed by atoms with Gasteiger partial charge in [-0.05, 0) is 35.6 Å². The summed E-state index contributed by atoms with van der Waals surface area (Å²) >= 11 is 1.32. The molecule has 0 unspecified atom stereocenters. The van der Waals surface area contributed by atoms with Crippen LogP contribution in [0, 0.1) is 27.4 Å². The number of allylic oxidation sites excluding steroid dienone is 1. The van der Waals surface area contributed by atoms with Gasteiger partial charge in [-0.25, -0.2) is 4.98 Å². The smallest absolute Gasteiger partial charge is 0.315 e. The number of benzene rings is 2. The molecule has 0 aliphatic rings. The molecule has 1 aromatic heterocycles. The first kappa shape index (κ1) is 22.0. The number of nitro groups is 1. The molecule has 3 rings (SSSR count). The number of aromatic hydroxyl groups is 1. The molecule has 0 saturated heterocycles. The number of phenols is 1. The number of phenolic OH excluding ortho intramolecular Hbond substituents is 1. The molecule has 0 saturated carbocycles. The molecule has 0 atom stereocenters. The molecule has 0 amide bonds. The molecular weight excluding hydrogens is 414 g/mol. The van der Waals surface area contributed by atoms with Gasteiger partial charge in [-0.1, -0.05) is 38.1 Å². The number of aromatic nitrogens is 1. The van der Waals surface area contributed by atoms with Crippen LogP contribution in [0.15, 0.2) is 41.8 Å². The van der Waals surface area contributed by atoms with Gasteiger partial charge in [0.1, 0.15) is 11.1 Å². The lowest BCUT2D eigenvalue weighted by Gasteiger charge is -2.06. The number of methoxy groups -OCH3 is 1. The number of hydrogen-bond donors (Lipinski definition) is 1. The van der Waals surface area contributed by atoms with E-state index in [0.29, 0.717) is 16.5 Å². The van der Waals surface area contributed by atoms with Crippen molar-refractivity contribution in [1.29, 1.82) is 5.26 Å². The quantitative estimate of drug-likeness (QED) is 0.290. The maximum atomic E-state index is 11.2. The first-order valence-electron chi connectivity index (χ1n) is 9.54. The second kappa shape index (κ2) is 9.41. The zero-order valence-corrected chi connectivity index (χ0v) is 18.1. The molecule has 7 nitrogen and oxygen atoms in total. The van der Waals surface area contributed by atoms with Crippen LogP contribution in [0.2, 0.25) is 0 Å². The van der Waals surface area contributed by atoms with Crippen LogP contribution in [0.5, 0.6) is 11.5 Å². The molecule has 0 aliphatic heterocycles. The summed E-state index contributed by atoms with van der Waals surface area (Å²) in [5.41, 5.74) is 3.09. The molecule has 8 heteroatoms. The fourth-order valence-corrected chi connectivity index (χ4v) is 3.91. The molecule has 0 bridgehead atoms. The third kappa shape index (κ3) is 5.08. The second-order valence-electron chi connectivity index (χ2n) is 7.35. The van der Waals surface area contributed by atoms with Crippen LogP contribution in [0.4, 0.5) is 5.69 Å². The van der Waals surface area contributed by atoms with E-state index in [9.17, 15) is 20.5 Å². The van der Waals surface area contributed by atoms with Gasteiger partial charge in [0.15, 0.2) is 5.75 Å². The van der Waals surface area contributed by atoms with Crippen molar-refractivity contribution in [1.82, 2.24) is 4.98 Å². The number of ether oxygens (including phenoxy) is 1. The van der Waals surface area contributed by atoms with Gasteiger partial charge in [0.2, 0.25) is 5.75 Å². The minimum absolute atomic E-state index is 0.0425. The molecule has 31 heavy (non-hydrogen) atoms. The highest BCUT2D eigenvalue weighted by Gasteiger charge is 2.20. The average Bonchev–Trinajstić information content (AvgIpc) is 3.22. The van der Waals surface area contributed by atoms with E-state index >= 15 is 0 Å². The van der Waals surface area contributed by atoms with E-state index in [4.69, 9.17) is 4.74 Å². The van der Waals surface area contributed by atoms with Crippen molar-refractivity contribution in [2.75, 3.05) is 7.11 Å². The van der Waals surface area contributed by atoms with Crippen LogP contribution >= 0.6 is 11.3 Å². The topological polar surface area (TPSA) is 109 Å². The average molecular weight is 436 g/mol. The summed E-state index contributed by atoms with van der Waals surface area (Å²) in [5, 5.41) is 33.1. The maximum absolute atomic E-state index is 11.2. The van der Waals surface area contributed by atoms with Gasteiger partial charge in [-0.2, -0.15) is 5.26 Å². The summed E-state index contributed by atoms with van der Waals surface area (Å²) < 4.78 is 5.01. The Hall–Kier alpha value is -3.70. The lowest BCUT2D eigenvalue weighted by Crippen LogP contribution is -1.93. The lowest BCUT2D eigenvalue weighted by molar-refractivity contribution is -0.386. The number of nitriles is 1. The lowest BCUT2D eigenvalue weighted by atomic mass is 10.0. The van der Waals surface area contributed by atoms with Crippen LogP contribution in [0.25, 0.3) is 22.9 Å². The number of hydrogen-bond acceptors (Lipinski definition) is 7. The van der Waals surface area contributed by atoms with Crippen LogP contribution in [-0.4, -0.2) is 22.1 Å². The van der Waals surface area contributed by atoms with Crippen molar-refractivity contribution < 1.29 is 14.8 Å². The van der Waals surface area contributed by atoms with Gasteiger partial charge in [-0.3, -0.25) is 10.1 Å². The Bertz CT molecular complexity index is 1170. The van der Waals surface area contributed by atoms with Crippen molar-refractivity contribution >= 4 is 28.7 Å². The van der Waals surface area contributed by atoms with Crippen molar-refractivity contribution in [2.45, 2.75) is 20.3 Å². The Morgan fingerprint density at radius 1 is 1.35 bits per heavy atom. The van der Waals surface area contributed by atoms with E-state index in [0.717, 1.165) is 17.7 Å². The molecule has 3 aromatic rings. The Kier molecular flexibility index (Phi) is 6.68. The van der Waals surface area contributed by atoms with Gasteiger partial charge in [0.25, 0.3) is 0 Å². The molecule has 1 N–H and O–H groups in total. The van der Waals surface area contributed by atoms with Crippen molar-refractivity contribution in [3.05, 3.63) is 68.0 Å². The highest BCUT2D eigenvalue weighted by Crippen LogP contribution is 2.38. The van der Waals surface area contributed by atoms with Crippen LogP contribution in [-0.2, 0) is 6.42 Å².